The molecule has 1 amide bonds. The number of nitrogens with zero attached hydrogens (tertiary/aromatic N) is 1. The molecule has 5 aromatic rings. The van der Waals surface area contributed by atoms with Crippen LogP contribution in [0.2, 0.25) is 0 Å². The van der Waals surface area contributed by atoms with E-state index in [1.54, 1.807) is 30.3 Å². The van der Waals surface area contributed by atoms with E-state index >= 15 is 0 Å². The summed E-state index contributed by atoms with van der Waals surface area (Å²) in [5.41, 5.74) is 6.95. The van der Waals surface area contributed by atoms with Gasteiger partial charge in [-0.05, 0) is 64.6 Å². The van der Waals surface area contributed by atoms with E-state index in [1.807, 2.05) is 78.9 Å². The predicted octanol–water partition coefficient (Wildman–Crippen LogP) is 6.35. The van der Waals surface area contributed by atoms with Crippen LogP contribution in [0.3, 0.4) is 0 Å². The maximum atomic E-state index is 12.4. The van der Waals surface area contributed by atoms with Crippen molar-refractivity contribution in [1.82, 2.24) is 10.5 Å². The Morgan fingerprint density at radius 2 is 1.60 bits per heavy atom. The number of amides is 1. The van der Waals surface area contributed by atoms with Crippen LogP contribution in [0.1, 0.15) is 38.7 Å². The van der Waals surface area contributed by atoms with Gasteiger partial charge in [-0.15, -0.1) is 0 Å². The first kappa shape index (κ1) is 29.5. The zero-order valence-electron chi connectivity index (χ0n) is 23.2. The molecule has 3 N–H and O–H groups in total. The fourth-order valence-electron chi connectivity index (χ4n) is 4.78. The van der Waals surface area contributed by atoms with Gasteiger partial charge in [0.25, 0.3) is 16.0 Å². The van der Waals surface area contributed by atoms with Crippen molar-refractivity contribution in [2.24, 2.45) is 0 Å². The summed E-state index contributed by atoms with van der Waals surface area (Å²) in [5.74, 6) is -0.293. The maximum absolute atomic E-state index is 12.4. The molecule has 8 nitrogen and oxygen atoms in total. The normalized spacial score (nSPS) is 12.0. The monoisotopic (exact) mass is 594 g/mol. The summed E-state index contributed by atoms with van der Waals surface area (Å²) in [7, 11) is -4.15. The number of nitrogens with one attached hydrogen (secondary N) is 1. The zero-order chi connectivity index (χ0) is 30.4. The average Bonchev–Trinajstić information content (AvgIpc) is 3.50. The van der Waals surface area contributed by atoms with Crippen LogP contribution in [0, 0.1) is 0 Å². The predicted molar refractivity (Wildman–Crippen MR) is 166 cm³/mol. The number of rotatable bonds is 11. The number of phenols is 1. The molecule has 43 heavy (non-hydrogen) atoms. The second-order valence-corrected chi connectivity index (χ2v) is 11.7. The number of carbonyl (C=O) groups is 1. The van der Waals surface area contributed by atoms with Gasteiger partial charge in [-0.2, -0.15) is 8.42 Å². The molecule has 0 saturated carbocycles. The quantitative estimate of drug-likeness (QED) is 0.152. The Labute approximate surface area is 250 Å². The van der Waals surface area contributed by atoms with Crippen LogP contribution in [0.25, 0.3) is 28.5 Å². The average molecular weight is 595 g/mol. The molecule has 0 fully saturated rings. The second-order valence-electron chi connectivity index (χ2n) is 10.1. The molecule has 0 aliphatic heterocycles. The lowest BCUT2D eigenvalue weighted by Gasteiger charge is -2.16. The molecule has 0 bridgehead atoms. The van der Waals surface area contributed by atoms with Gasteiger partial charge in [0.15, 0.2) is 5.76 Å². The van der Waals surface area contributed by atoms with E-state index in [4.69, 9.17) is 9.08 Å². The third kappa shape index (κ3) is 7.65. The molecular weight excluding hydrogens is 564 g/mol. The summed E-state index contributed by atoms with van der Waals surface area (Å²) in [6.45, 7) is 3.65. The Bertz CT molecular complexity index is 1830. The van der Waals surface area contributed by atoms with Crippen LogP contribution in [-0.2, 0) is 16.5 Å². The van der Waals surface area contributed by atoms with E-state index in [0.717, 1.165) is 39.1 Å². The Morgan fingerprint density at radius 3 is 2.28 bits per heavy atom. The highest BCUT2D eigenvalue weighted by atomic mass is 32.2. The number of hydrogen-bond donors (Lipinski definition) is 3. The molecule has 0 aliphatic carbocycles. The fraction of sp³-hybridized carbons (Fsp3) is 0.118. The minimum absolute atomic E-state index is 0.147. The van der Waals surface area contributed by atoms with Crippen LogP contribution in [0.4, 0.5) is 0 Å². The third-order valence-electron chi connectivity index (χ3n) is 7.11. The molecule has 0 saturated heterocycles. The number of phenolic OH excluding ortho intramolecular Hbond substituents is 1. The standard InChI is InChI=1S/C34H30N2O6S/c1-2-23-6-10-26(11-7-23)31(20-24-8-12-27(13-9-24)34(38)35-18-19-43(39,40)41)32-22-33(42-36-32)29-5-3-4-28(21-29)25-14-16-30(37)17-15-25/h2-17,21-22,31,37H,1,18-20H2,(H,35,38)(H,39,40,41). The van der Waals surface area contributed by atoms with Crippen molar-refractivity contribution in [2.75, 3.05) is 12.3 Å². The number of aromatic hydroxyl groups is 1. The van der Waals surface area contributed by atoms with Crippen LogP contribution in [0.5, 0.6) is 5.75 Å². The molecule has 0 spiro atoms. The largest absolute Gasteiger partial charge is 0.508 e. The molecule has 1 unspecified atom stereocenters. The number of benzene rings is 4. The van der Waals surface area contributed by atoms with E-state index in [0.29, 0.717) is 17.7 Å². The van der Waals surface area contributed by atoms with Crippen molar-refractivity contribution in [3.63, 3.8) is 0 Å². The molecule has 1 heterocycles. The van der Waals surface area contributed by atoms with E-state index in [1.165, 1.54) is 0 Å². The number of carbonyl (C=O) groups excluding carboxylic acids is 1. The topological polar surface area (TPSA) is 130 Å². The highest BCUT2D eigenvalue weighted by Crippen LogP contribution is 2.33. The first-order valence-electron chi connectivity index (χ1n) is 13.6. The molecular formula is C34H30N2O6S. The van der Waals surface area contributed by atoms with Gasteiger partial charge in [-0.3, -0.25) is 9.35 Å². The first-order valence-corrected chi connectivity index (χ1v) is 15.2. The number of hydrogen-bond acceptors (Lipinski definition) is 6. The van der Waals surface area contributed by atoms with Crippen molar-refractivity contribution in [2.45, 2.75) is 12.3 Å². The van der Waals surface area contributed by atoms with Gasteiger partial charge in [0.1, 0.15) is 5.75 Å². The molecule has 0 radical (unpaired) electrons. The smallest absolute Gasteiger partial charge is 0.266 e. The summed E-state index contributed by atoms with van der Waals surface area (Å²) in [6, 6.07) is 32.0. The second kappa shape index (κ2) is 12.9. The Balaban J connectivity index is 1.39. The number of aromatic nitrogens is 1. The first-order chi connectivity index (χ1) is 20.7. The van der Waals surface area contributed by atoms with E-state index in [-0.39, 0.29) is 18.2 Å². The summed E-state index contributed by atoms with van der Waals surface area (Å²) >= 11 is 0. The van der Waals surface area contributed by atoms with Crippen LogP contribution in [-0.4, -0.2) is 41.4 Å². The van der Waals surface area contributed by atoms with Crippen LogP contribution < -0.4 is 5.32 Å². The zero-order valence-corrected chi connectivity index (χ0v) is 24.0. The van der Waals surface area contributed by atoms with Gasteiger partial charge in [0.2, 0.25) is 0 Å². The van der Waals surface area contributed by atoms with Gasteiger partial charge in [0.05, 0.1) is 11.4 Å². The maximum Gasteiger partial charge on any atom is 0.266 e. The molecule has 5 rings (SSSR count). The van der Waals surface area contributed by atoms with Gasteiger partial charge < -0.3 is 14.9 Å². The van der Waals surface area contributed by atoms with Gasteiger partial charge >= 0.3 is 0 Å². The summed E-state index contributed by atoms with van der Waals surface area (Å²) in [4.78, 5) is 12.4. The van der Waals surface area contributed by atoms with Crippen LogP contribution >= 0.6 is 0 Å². The lowest BCUT2D eigenvalue weighted by molar-refractivity contribution is 0.0956. The van der Waals surface area contributed by atoms with Gasteiger partial charge in [-0.1, -0.05) is 84.5 Å². The minimum Gasteiger partial charge on any atom is -0.508 e. The van der Waals surface area contributed by atoms with Crippen molar-refractivity contribution in [3.05, 3.63) is 138 Å². The SMILES string of the molecule is C=Cc1ccc(C(Cc2ccc(C(=O)NCCS(=O)(=O)O)cc2)c2cc(-c3cccc(-c4ccc(O)cc4)c3)on2)cc1. The van der Waals surface area contributed by atoms with Crippen molar-refractivity contribution < 1.29 is 27.4 Å². The summed E-state index contributed by atoms with van der Waals surface area (Å²) in [6.07, 6.45) is 2.37. The molecule has 1 aromatic heterocycles. The Morgan fingerprint density at radius 1 is 0.907 bits per heavy atom. The van der Waals surface area contributed by atoms with Crippen molar-refractivity contribution in [3.8, 4) is 28.2 Å². The lowest BCUT2D eigenvalue weighted by Crippen LogP contribution is -2.28. The Hall–Kier alpha value is -4.99. The van der Waals surface area contributed by atoms with Crippen molar-refractivity contribution in [1.29, 1.82) is 0 Å². The van der Waals surface area contributed by atoms with E-state index in [9.17, 15) is 18.3 Å². The highest BCUT2D eigenvalue weighted by molar-refractivity contribution is 7.85. The highest BCUT2D eigenvalue weighted by Gasteiger charge is 2.21. The fourth-order valence-corrected chi connectivity index (χ4v) is 5.14. The molecule has 4 aromatic carbocycles. The molecule has 9 heteroatoms. The molecule has 0 aliphatic rings. The minimum atomic E-state index is -4.15. The third-order valence-corrected chi connectivity index (χ3v) is 7.83. The summed E-state index contributed by atoms with van der Waals surface area (Å²) < 4.78 is 36.5. The Kier molecular flexibility index (Phi) is 8.85. The molecule has 218 valence electrons. The van der Waals surface area contributed by atoms with Crippen molar-refractivity contribution >= 4 is 22.1 Å². The van der Waals surface area contributed by atoms with Crippen LogP contribution in [0.15, 0.2) is 114 Å². The summed E-state index contributed by atoms with van der Waals surface area (Å²) in [5, 5.41) is 16.6. The lowest BCUT2D eigenvalue weighted by atomic mass is 9.88. The van der Waals surface area contributed by atoms with E-state index in [2.05, 4.69) is 17.1 Å². The molecule has 1 atom stereocenters. The van der Waals surface area contributed by atoms with Gasteiger partial charge in [-0.25, -0.2) is 0 Å². The van der Waals surface area contributed by atoms with E-state index < -0.39 is 21.8 Å². The van der Waals surface area contributed by atoms with Gasteiger partial charge in [0, 0.05) is 29.7 Å².